The third-order valence-electron chi connectivity index (χ3n) is 2.71. The highest BCUT2D eigenvalue weighted by atomic mass is 35.5. The minimum absolute atomic E-state index is 0.0709. The summed E-state index contributed by atoms with van der Waals surface area (Å²) in [6.45, 7) is 9.13. The molecule has 0 aliphatic heterocycles. The van der Waals surface area contributed by atoms with Gasteiger partial charge in [0, 0.05) is 12.6 Å². The first-order chi connectivity index (χ1) is 9.56. The van der Waals surface area contributed by atoms with Gasteiger partial charge in [-0.25, -0.2) is 4.79 Å². The van der Waals surface area contributed by atoms with Crippen LogP contribution in [0.4, 0.5) is 4.79 Å². The van der Waals surface area contributed by atoms with E-state index in [1.165, 1.54) is 4.68 Å². The van der Waals surface area contributed by atoms with Gasteiger partial charge >= 0.3 is 6.09 Å². The van der Waals surface area contributed by atoms with Crippen LogP contribution in [0.1, 0.15) is 57.8 Å². The topological polar surface area (TPSA) is 73.2 Å². The Kier molecular flexibility index (Phi) is 5.39. The average Bonchev–Trinajstić information content (AvgIpc) is 2.61. The maximum Gasteiger partial charge on any atom is 0.408 e. The number of aryl methyl sites for hydroxylation is 1. The first kappa shape index (κ1) is 17.5. The van der Waals surface area contributed by atoms with Crippen LogP contribution in [0.15, 0.2) is 0 Å². The molecule has 6 nitrogen and oxygen atoms in total. The quantitative estimate of drug-likeness (QED) is 0.867. The summed E-state index contributed by atoms with van der Waals surface area (Å²) in [5.41, 5.74) is 0.544. The highest BCUT2D eigenvalue weighted by molar-refractivity contribution is 6.30. The number of nitrogens with zero attached hydrogens (tertiary/aromatic N) is 2. The van der Waals surface area contributed by atoms with E-state index in [9.17, 15) is 9.59 Å². The maximum absolute atomic E-state index is 11.8. The van der Waals surface area contributed by atoms with Crippen LogP contribution in [-0.4, -0.2) is 27.8 Å². The first-order valence-electron chi connectivity index (χ1n) is 6.74. The Bertz CT molecular complexity index is 532. The molecule has 0 aliphatic rings. The Labute approximate surface area is 129 Å². The molecule has 21 heavy (non-hydrogen) atoms. The molecule has 1 atom stereocenters. The van der Waals surface area contributed by atoms with E-state index in [1.807, 2.05) is 13.8 Å². The van der Waals surface area contributed by atoms with Crippen molar-refractivity contribution >= 4 is 24.0 Å². The lowest BCUT2D eigenvalue weighted by atomic mass is 10.0. The first-order valence-corrected chi connectivity index (χ1v) is 7.11. The Morgan fingerprint density at radius 3 is 2.43 bits per heavy atom. The standard InChI is InChI=1S/C14H22ClN3O3/c1-8(2)11-10(12(15)18(6)17-11)9(7-19)16-13(20)21-14(3,4)5/h7-9H,1-6H3,(H,16,20). The minimum Gasteiger partial charge on any atom is -0.444 e. The number of ether oxygens (including phenoxy) is 1. The van der Waals surface area contributed by atoms with Crippen LogP contribution in [0.25, 0.3) is 0 Å². The molecule has 1 unspecified atom stereocenters. The molecule has 0 saturated heterocycles. The molecule has 0 aromatic carbocycles. The fourth-order valence-electron chi connectivity index (χ4n) is 1.86. The molecule has 118 valence electrons. The molecule has 0 saturated carbocycles. The normalized spacial score (nSPS) is 13.1. The van der Waals surface area contributed by atoms with Crippen molar-refractivity contribution in [3.05, 3.63) is 16.4 Å². The van der Waals surface area contributed by atoms with Gasteiger partial charge in [0.2, 0.25) is 0 Å². The summed E-state index contributed by atoms with van der Waals surface area (Å²) in [6, 6.07) is -0.890. The van der Waals surface area contributed by atoms with E-state index >= 15 is 0 Å². The van der Waals surface area contributed by atoms with Gasteiger partial charge in [-0.05, 0) is 26.7 Å². The molecule has 7 heteroatoms. The van der Waals surface area contributed by atoms with Crippen LogP contribution in [0.3, 0.4) is 0 Å². The number of hydrogen-bond acceptors (Lipinski definition) is 4. The molecule has 1 N–H and O–H groups in total. The van der Waals surface area contributed by atoms with Crippen LogP contribution in [0.5, 0.6) is 0 Å². The van der Waals surface area contributed by atoms with E-state index in [0.717, 1.165) is 0 Å². The number of hydrogen-bond donors (Lipinski definition) is 1. The van der Waals surface area contributed by atoms with Crippen molar-refractivity contribution in [2.24, 2.45) is 7.05 Å². The molecule has 0 aliphatic carbocycles. The van der Waals surface area contributed by atoms with E-state index < -0.39 is 17.7 Å². The van der Waals surface area contributed by atoms with Crippen LogP contribution >= 0.6 is 11.6 Å². The Balaban J connectivity index is 3.06. The number of aromatic nitrogens is 2. The molecule has 1 aromatic rings. The van der Waals surface area contributed by atoms with Gasteiger partial charge in [0.15, 0.2) is 0 Å². The molecule has 1 amide bonds. The number of amides is 1. The lowest BCUT2D eigenvalue weighted by Crippen LogP contribution is -2.35. The van der Waals surface area contributed by atoms with Crippen molar-refractivity contribution < 1.29 is 14.3 Å². The zero-order valence-corrected chi connectivity index (χ0v) is 14.0. The maximum atomic E-state index is 11.8. The third-order valence-corrected chi connectivity index (χ3v) is 3.15. The average molecular weight is 316 g/mol. The fourth-order valence-corrected chi connectivity index (χ4v) is 2.11. The molecular formula is C14H22ClN3O3. The number of alkyl carbamates (subject to hydrolysis) is 1. The number of rotatable bonds is 4. The summed E-state index contributed by atoms with van der Waals surface area (Å²) in [5.74, 6) is 0.0709. The predicted octanol–water partition coefficient (Wildman–Crippen LogP) is 2.96. The summed E-state index contributed by atoms with van der Waals surface area (Å²) in [7, 11) is 1.69. The van der Waals surface area contributed by atoms with Crippen molar-refractivity contribution in [3.63, 3.8) is 0 Å². The number of aldehydes is 1. The van der Waals surface area contributed by atoms with E-state index in [0.29, 0.717) is 22.7 Å². The van der Waals surface area contributed by atoms with Crippen molar-refractivity contribution in [3.8, 4) is 0 Å². The second-order valence-electron chi connectivity index (χ2n) is 6.13. The number of carbonyl (C=O) groups is 2. The zero-order valence-electron chi connectivity index (χ0n) is 13.2. The number of carbonyl (C=O) groups excluding carboxylic acids is 2. The lowest BCUT2D eigenvalue weighted by molar-refractivity contribution is -0.109. The zero-order chi connectivity index (χ0) is 16.4. The van der Waals surface area contributed by atoms with Crippen LogP contribution in [-0.2, 0) is 16.6 Å². The van der Waals surface area contributed by atoms with E-state index in [4.69, 9.17) is 16.3 Å². The number of nitrogens with one attached hydrogen (secondary N) is 1. The van der Waals surface area contributed by atoms with Gasteiger partial charge in [-0.2, -0.15) is 5.10 Å². The van der Waals surface area contributed by atoms with E-state index in [-0.39, 0.29) is 5.92 Å². The molecule has 1 rings (SSSR count). The smallest absolute Gasteiger partial charge is 0.408 e. The second-order valence-corrected chi connectivity index (χ2v) is 6.49. The monoisotopic (exact) mass is 315 g/mol. The van der Waals surface area contributed by atoms with Crippen LogP contribution in [0, 0.1) is 0 Å². The summed E-state index contributed by atoms with van der Waals surface area (Å²) >= 11 is 6.20. The number of halogens is 1. The molecule has 1 heterocycles. The molecule has 0 spiro atoms. The molecule has 0 fully saturated rings. The van der Waals surface area contributed by atoms with Crippen LogP contribution in [0.2, 0.25) is 5.15 Å². The van der Waals surface area contributed by atoms with Crippen molar-refractivity contribution in [1.29, 1.82) is 0 Å². The molecular weight excluding hydrogens is 294 g/mol. The van der Waals surface area contributed by atoms with Gasteiger partial charge in [0.05, 0.1) is 5.69 Å². The van der Waals surface area contributed by atoms with Crippen molar-refractivity contribution in [1.82, 2.24) is 15.1 Å². The highest BCUT2D eigenvalue weighted by Gasteiger charge is 2.27. The molecule has 0 radical (unpaired) electrons. The van der Waals surface area contributed by atoms with E-state index in [2.05, 4.69) is 10.4 Å². The summed E-state index contributed by atoms with van der Waals surface area (Å²) in [6.07, 6.45) is -0.0483. The largest absolute Gasteiger partial charge is 0.444 e. The Hall–Kier alpha value is -1.56. The SMILES string of the molecule is CC(C)c1nn(C)c(Cl)c1C(C=O)NC(=O)OC(C)(C)C. The summed E-state index contributed by atoms with van der Waals surface area (Å²) < 4.78 is 6.64. The van der Waals surface area contributed by atoms with Gasteiger partial charge in [0.1, 0.15) is 23.1 Å². The van der Waals surface area contributed by atoms with Gasteiger partial charge in [-0.3, -0.25) is 4.68 Å². The van der Waals surface area contributed by atoms with Crippen LogP contribution < -0.4 is 5.32 Å². The summed E-state index contributed by atoms with van der Waals surface area (Å²) in [4.78, 5) is 23.2. The van der Waals surface area contributed by atoms with Gasteiger partial charge in [0.25, 0.3) is 0 Å². The second kappa shape index (κ2) is 6.47. The van der Waals surface area contributed by atoms with Gasteiger partial charge in [-0.1, -0.05) is 25.4 Å². The lowest BCUT2D eigenvalue weighted by Gasteiger charge is -2.22. The summed E-state index contributed by atoms with van der Waals surface area (Å²) in [5, 5.41) is 7.14. The third kappa shape index (κ3) is 4.46. The Morgan fingerprint density at radius 2 is 2.00 bits per heavy atom. The van der Waals surface area contributed by atoms with Crippen molar-refractivity contribution in [2.45, 2.75) is 52.2 Å². The van der Waals surface area contributed by atoms with Gasteiger partial charge < -0.3 is 14.8 Å². The minimum atomic E-state index is -0.890. The molecule has 0 bridgehead atoms. The Morgan fingerprint density at radius 1 is 1.43 bits per heavy atom. The fraction of sp³-hybridized carbons (Fsp3) is 0.643. The highest BCUT2D eigenvalue weighted by Crippen LogP contribution is 2.30. The predicted molar refractivity (Wildman–Crippen MR) is 80.5 cm³/mol. The molecule has 1 aromatic heterocycles. The van der Waals surface area contributed by atoms with Crippen molar-refractivity contribution in [2.75, 3.05) is 0 Å². The van der Waals surface area contributed by atoms with E-state index in [1.54, 1.807) is 27.8 Å². The van der Waals surface area contributed by atoms with Gasteiger partial charge in [-0.15, -0.1) is 0 Å².